The van der Waals surface area contributed by atoms with Crippen molar-refractivity contribution in [3.8, 4) is 11.5 Å². The molecule has 0 atom stereocenters. The van der Waals surface area contributed by atoms with Crippen LogP contribution in [0.4, 0.5) is 10.5 Å². The fourth-order valence-corrected chi connectivity index (χ4v) is 3.93. The molecule has 2 aromatic heterocycles. The van der Waals surface area contributed by atoms with Crippen LogP contribution in [0.2, 0.25) is 0 Å². The van der Waals surface area contributed by atoms with Crippen LogP contribution in [0.15, 0.2) is 35.1 Å². The highest BCUT2D eigenvalue weighted by molar-refractivity contribution is 6.22. The average Bonchev–Trinajstić information content (AvgIpc) is 3.42. The number of nitrogens with zero attached hydrogens (tertiary/aromatic N) is 5. The molecule has 10 nitrogen and oxygen atoms in total. The molecule has 0 radical (unpaired) electrons. The van der Waals surface area contributed by atoms with Crippen molar-refractivity contribution < 1.29 is 23.6 Å². The van der Waals surface area contributed by atoms with Gasteiger partial charge in [-0.1, -0.05) is 11.2 Å². The van der Waals surface area contributed by atoms with E-state index in [0.717, 1.165) is 16.8 Å². The molecule has 1 aromatic carbocycles. The number of hydrogen-bond acceptors (Lipinski definition) is 7. The maximum Gasteiger partial charge on any atom is 0.332 e. The molecule has 0 aliphatic carbocycles. The van der Waals surface area contributed by atoms with E-state index >= 15 is 0 Å². The molecule has 4 rings (SSSR count). The van der Waals surface area contributed by atoms with E-state index in [1.165, 1.54) is 11.1 Å². The predicted molar refractivity (Wildman–Crippen MR) is 119 cm³/mol. The number of methoxy groups -OCH3 is 2. The first-order valence-corrected chi connectivity index (χ1v) is 10.5. The lowest BCUT2D eigenvalue weighted by Gasteiger charge is -2.28. The number of urea groups is 1. The van der Waals surface area contributed by atoms with Crippen molar-refractivity contribution in [2.75, 3.05) is 19.1 Å². The first-order valence-electron chi connectivity index (χ1n) is 10.5. The van der Waals surface area contributed by atoms with E-state index in [9.17, 15) is 9.59 Å². The third-order valence-corrected chi connectivity index (χ3v) is 5.99. The molecule has 10 heteroatoms. The Bertz CT molecular complexity index is 1190. The summed E-state index contributed by atoms with van der Waals surface area (Å²) in [5.41, 5.74) is 1.89. The second kappa shape index (κ2) is 8.27. The van der Waals surface area contributed by atoms with Crippen molar-refractivity contribution in [1.29, 1.82) is 0 Å². The average molecular weight is 453 g/mol. The number of carbonyl (C=O) groups excluding carboxylic acids is 2. The predicted octanol–water partition coefficient (Wildman–Crippen LogP) is 3.30. The Morgan fingerprint density at radius 2 is 1.79 bits per heavy atom. The lowest BCUT2D eigenvalue weighted by atomic mass is 10.0. The summed E-state index contributed by atoms with van der Waals surface area (Å²) in [6.07, 6.45) is 3.20. The Labute approximate surface area is 191 Å². The van der Waals surface area contributed by atoms with Gasteiger partial charge in [-0.05, 0) is 45.4 Å². The van der Waals surface area contributed by atoms with Gasteiger partial charge in [0, 0.05) is 18.3 Å². The van der Waals surface area contributed by atoms with Crippen LogP contribution in [0.5, 0.6) is 11.5 Å². The van der Waals surface area contributed by atoms with E-state index in [0.29, 0.717) is 29.5 Å². The minimum atomic E-state index is -1.03. The van der Waals surface area contributed by atoms with Crippen LogP contribution < -0.4 is 14.4 Å². The van der Waals surface area contributed by atoms with E-state index in [2.05, 4.69) is 10.3 Å². The van der Waals surface area contributed by atoms with Crippen LogP contribution >= 0.6 is 0 Å². The number of anilines is 1. The fourth-order valence-electron chi connectivity index (χ4n) is 3.93. The normalized spacial score (nSPS) is 15.5. The van der Waals surface area contributed by atoms with E-state index in [1.54, 1.807) is 56.0 Å². The number of imide groups is 1. The zero-order valence-corrected chi connectivity index (χ0v) is 19.6. The van der Waals surface area contributed by atoms with E-state index in [1.807, 2.05) is 19.9 Å². The fraction of sp³-hybridized carbons (Fsp3) is 0.391. The third kappa shape index (κ3) is 3.81. The van der Waals surface area contributed by atoms with Crippen LogP contribution in [-0.4, -0.2) is 51.5 Å². The number of carbonyl (C=O) groups is 2. The molecule has 1 aliphatic heterocycles. The molecule has 1 fully saturated rings. The standard InChI is InChI=1S/C23H27N5O5/c1-14-18(15(2)33-25-14)13-26-12-17(10-24-26)28-21(29)23(3,4)27(22(28)30)11-16-7-8-19(31-5)20(9-16)32-6/h7-10,12H,11,13H2,1-6H3. The second-order valence-electron chi connectivity index (χ2n) is 8.46. The minimum absolute atomic E-state index is 0.238. The van der Waals surface area contributed by atoms with Crippen molar-refractivity contribution in [3.63, 3.8) is 0 Å². The summed E-state index contributed by atoms with van der Waals surface area (Å²) in [7, 11) is 3.12. The van der Waals surface area contributed by atoms with Gasteiger partial charge in [0.1, 0.15) is 11.3 Å². The first-order chi connectivity index (χ1) is 15.7. The molecule has 0 unspecified atom stereocenters. The molecule has 3 amide bonds. The molecule has 0 spiro atoms. The van der Waals surface area contributed by atoms with Gasteiger partial charge in [-0.15, -0.1) is 0 Å². The SMILES string of the molecule is COc1ccc(CN2C(=O)N(c3cnn(Cc4c(C)noc4C)c3)C(=O)C2(C)C)cc1OC. The number of aryl methyl sites for hydroxylation is 2. The van der Waals surface area contributed by atoms with Crippen molar-refractivity contribution in [1.82, 2.24) is 19.8 Å². The summed E-state index contributed by atoms with van der Waals surface area (Å²) in [5, 5.41) is 8.29. The first kappa shape index (κ1) is 22.4. The van der Waals surface area contributed by atoms with Gasteiger partial charge < -0.3 is 18.9 Å². The number of amides is 3. The van der Waals surface area contributed by atoms with E-state index < -0.39 is 11.6 Å². The number of hydrogen-bond donors (Lipinski definition) is 0. The Kier molecular flexibility index (Phi) is 5.61. The summed E-state index contributed by atoms with van der Waals surface area (Å²) < 4.78 is 17.5. The molecule has 1 aliphatic rings. The van der Waals surface area contributed by atoms with Crippen LogP contribution in [0.1, 0.15) is 36.4 Å². The van der Waals surface area contributed by atoms with Crippen molar-refractivity contribution in [2.24, 2.45) is 0 Å². The largest absolute Gasteiger partial charge is 0.493 e. The monoisotopic (exact) mass is 453 g/mol. The molecule has 33 heavy (non-hydrogen) atoms. The number of rotatable bonds is 7. The Hall–Kier alpha value is -3.82. The number of benzene rings is 1. The molecular weight excluding hydrogens is 426 g/mol. The zero-order chi connectivity index (χ0) is 23.9. The molecule has 0 N–H and O–H groups in total. The van der Waals surface area contributed by atoms with Gasteiger partial charge in [0.2, 0.25) is 0 Å². The van der Waals surface area contributed by atoms with Crippen molar-refractivity contribution in [3.05, 3.63) is 53.2 Å². The molecule has 3 aromatic rings. The summed E-state index contributed by atoms with van der Waals surface area (Å²) in [5.74, 6) is 1.55. The number of aromatic nitrogens is 3. The summed E-state index contributed by atoms with van der Waals surface area (Å²) >= 11 is 0. The lowest BCUT2D eigenvalue weighted by molar-refractivity contribution is -0.123. The van der Waals surface area contributed by atoms with Gasteiger partial charge in [-0.2, -0.15) is 5.10 Å². The highest BCUT2D eigenvalue weighted by Crippen LogP contribution is 2.35. The van der Waals surface area contributed by atoms with Crippen LogP contribution in [0.3, 0.4) is 0 Å². The highest BCUT2D eigenvalue weighted by atomic mass is 16.5. The quantitative estimate of drug-likeness (QED) is 0.506. The maximum absolute atomic E-state index is 13.4. The number of ether oxygens (including phenoxy) is 2. The Morgan fingerprint density at radius 3 is 2.42 bits per heavy atom. The zero-order valence-electron chi connectivity index (χ0n) is 19.6. The van der Waals surface area contributed by atoms with Gasteiger partial charge in [0.05, 0.1) is 38.3 Å². The summed E-state index contributed by atoms with van der Waals surface area (Å²) in [6, 6.07) is 5.02. The third-order valence-electron chi connectivity index (χ3n) is 5.99. The second-order valence-corrected chi connectivity index (χ2v) is 8.46. The van der Waals surface area contributed by atoms with Crippen LogP contribution in [0, 0.1) is 13.8 Å². The topological polar surface area (TPSA) is 103 Å². The van der Waals surface area contributed by atoms with Gasteiger partial charge in [-0.3, -0.25) is 9.48 Å². The van der Waals surface area contributed by atoms with Crippen LogP contribution in [-0.2, 0) is 17.9 Å². The Balaban J connectivity index is 1.59. The van der Waals surface area contributed by atoms with Crippen molar-refractivity contribution in [2.45, 2.75) is 46.3 Å². The van der Waals surface area contributed by atoms with Crippen LogP contribution in [0.25, 0.3) is 0 Å². The summed E-state index contributed by atoms with van der Waals surface area (Å²) in [4.78, 5) is 29.3. The lowest BCUT2D eigenvalue weighted by Crippen LogP contribution is -2.43. The van der Waals surface area contributed by atoms with Gasteiger partial charge >= 0.3 is 6.03 Å². The van der Waals surface area contributed by atoms with Gasteiger partial charge in [0.15, 0.2) is 11.5 Å². The molecule has 1 saturated heterocycles. The molecular formula is C23H27N5O5. The molecule has 3 heterocycles. The smallest absolute Gasteiger partial charge is 0.332 e. The van der Waals surface area contributed by atoms with Gasteiger partial charge in [-0.25, -0.2) is 9.69 Å². The molecule has 0 bridgehead atoms. The van der Waals surface area contributed by atoms with Gasteiger partial charge in [0.25, 0.3) is 5.91 Å². The summed E-state index contributed by atoms with van der Waals surface area (Å²) in [6.45, 7) is 7.84. The van der Waals surface area contributed by atoms with E-state index in [4.69, 9.17) is 14.0 Å². The van der Waals surface area contributed by atoms with E-state index in [-0.39, 0.29) is 12.5 Å². The molecule has 174 valence electrons. The maximum atomic E-state index is 13.4. The molecule has 0 saturated carbocycles. The van der Waals surface area contributed by atoms with Crippen molar-refractivity contribution >= 4 is 17.6 Å². The highest BCUT2D eigenvalue weighted by Gasteiger charge is 2.52. The Morgan fingerprint density at radius 1 is 1.06 bits per heavy atom. The minimum Gasteiger partial charge on any atom is -0.493 e.